The van der Waals surface area contributed by atoms with Gasteiger partial charge in [-0.2, -0.15) is 0 Å². The monoisotopic (exact) mass is 1020 g/mol. The van der Waals surface area contributed by atoms with Crippen molar-refractivity contribution in [2.24, 2.45) is 0 Å². The second-order valence-electron chi connectivity index (χ2n) is 20.6. The average Bonchev–Trinajstić information content (AvgIpc) is 3.69. The lowest BCUT2D eigenvalue weighted by Gasteiger charge is -2.31. The quantitative estimate of drug-likeness (QED) is 0.155. The van der Waals surface area contributed by atoms with Crippen molar-refractivity contribution in [2.45, 2.75) is 35.5 Å². The van der Waals surface area contributed by atoms with Crippen LogP contribution in [0.15, 0.2) is 218 Å². The minimum atomic E-state index is -0.0430. The van der Waals surface area contributed by atoms with Gasteiger partial charge >= 0.3 is 0 Å². The Kier molecular flexibility index (Phi) is 12.6. The molecule has 6 atom stereocenters. The normalized spacial score (nSPS) is 19.0. The predicted molar refractivity (Wildman–Crippen MR) is 313 cm³/mol. The summed E-state index contributed by atoms with van der Waals surface area (Å²) in [7, 11) is 10.6. The number of methoxy groups -OCH3 is 6. The van der Waals surface area contributed by atoms with Crippen LogP contribution in [0.3, 0.4) is 0 Å². The Morgan fingerprint density at radius 3 is 0.423 bits per heavy atom. The molecule has 0 N–H and O–H groups in total. The fraction of sp³-hybridized carbons (Fsp3) is 0.167. The van der Waals surface area contributed by atoms with Crippen molar-refractivity contribution in [1.82, 2.24) is 0 Å². The molecule has 9 aromatic rings. The van der Waals surface area contributed by atoms with Gasteiger partial charge in [0.2, 0.25) is 0 Å². The standard InChI is InChI=1S/C72H60O6/c1-73-61-37-38-62(74-2)68-56-32-31-55(67(61)68)49-19-7-43(8-20-49)45-11-23-51(24-12-45)57-33-34-59(71-65(77-5)40-39-63(75-3)69(57)71)53-27-15-47(16-28-53)48-17-29-54(30-18-48)60-36-35-58(70-64(76-4)41-42-66(78-6)72(60)70)52-25-13-46(14-26-52)44-9-21-50(56)22-10-44/h7-42,55-60H,1-6H3/t55-,56+,57+,58-,59-,60+. The molecule has 0 radical (unpaired) electrons. The highest BCUT2D eigenvalue weighted by Crippen LogP contribution is 2.53. The van der Waals surface area contributed by atoms with E-state index in [9.17, 15) is 0 Å². The molecular formula is C72H60O6. The Bertz CT molecular complexity index is 3150. The maximum Gasteiger partial charge on any atom is 0.123 e. The lowest BCUT2D eigenvalue weighted by molar-refractivity contribution is 0.392. The number of hydrogen-bond acceptors (Lipinski definition) is 6. The molecule has 9 aromatic carbocycles. The summed E-state index contributed by atoms with van der Waals surface area (Å²) in [5, 5.41) is 0. The van der Waals surface area contributed by atoms with E-state index in [0.717, 1.165) is 101 Å². The zero-order chi connectivity index (χ0) is 53.0. The average molecular weight is 1020 g/mol. The molecule has 6 nitrogen and oxygen atoms in total. The van der Waals surface area contributed by atoms with Gasteiger partial charge in [0.15, 0.2) is 0 Å². The van der Waals surface area contributed by atoms with Gasteiger partial charge in [-0.05, 0) is 103 Å². The van der Waals surface area contributed by atoms with Crippen molar-refractivity contribution in [1.29, 1.82) is 0 Å². The Morgan fingerprint density at radius 2 is 0.308 bits per heavy atom. The van der Waals surface area contributed by atoms with Crippen LogP contribution < -0.4 is 28.4 Å². The highest BCUT2D eigenvalue weighted by atomic mass is 16.5. The molecule has 0 fully saturated rings. The maximum atomic E-state index is 6.15. The minimum Gasteiger partial charge on any atom is -0.496 e. The lowest BCUT2D eigenvalue weighted by atomic mass is 9.74. The van der Waals surface area contributed by atoms with E-state index in [-0.39, 0.29) is 35.5 Å². The molecular weight excluding hydrogens is 961 g/mol. The number of benzene rings is 9. The number of hydrogen-bond donors (Lipinski definition) is 0. The van der Waals surface area contributed by atoms with Gasteiger partial charge in [-0.15, -0.1) is 0 Å². The summed E-state index contributed by atoms with van der Waals surface area (Å²) < 4.78 is 36.9. The van der Waals surface area contributed by atoms with Crippen molar-refractivity contribution in [3.05, 3.63) is 285 Å². The first-order chi connectivity index (χ1) is 38.4. The van der Waals surface area contributed by atoms with Gasteiger partial charge in [-0.25, -0.2) is 0 Å². The van der Waals surface area contributed by atoms with Gasteiger partial charge in [-0.3, -0.25) is 0 Å². The van der Waals surface area contributed by atoms with Crippen LogP contribution in [0.1, 0.15) is 102 Å². The van der Waals surface area contributed by atoms with Crippen molar-refractivity contribution in [3.63, 3.8) is 0 Å². The molecule has 384 valence electrons. The molecule has 0 saturated carbocycles. The topological polar surface area (TPSA) is 55.4 Å². The van der Waals surface area contributed by atoms with E-state index in [0.29, 0.717) is 0 Å². The Morgan fingerprint density at radius 1 is 0.179 bits per heavy atom. The third kappa shape index (κ3) is 8.17. The molecule has 0 saturated heterocycles. The Balaban J connectivity index is 0.935. The summed E-state index contributed by atoms with van der Waals surface area (Å²) in [6, 6.07) is 66.1. The van der Waals surface area contributed by atoms with Crippen LogP contribution in [0.4, 0.5) is 0 Å². The van der Waals surface area contributed by atoms with Crippen LogP contribution in [0.5, 0.6) is 34.5 Å². The summed E-state index contributed by atoms with van der Waals surface area (Å²) in [5.74, 6) is 4.79. The van der Waals surface area contributed by atoms with Crippen LogP contribution >= 0.6 is 0 Å². The van der Waals surface area contributed by atoms with Gasteiger partial charge in [0, 0.05) is 68.9 Å². The molecule has 0 aliphatic heterocycles. The number of allylic oxidation sites excluding steroid dienone is 6. The van der Waals surface area contributed by atoms with E-state index in [1.54, 1.807) is 42.7 Å². The second kappa shape index (κ2) is 20.2. The maximum absolute atomic E-state index is 6.15. The van der Waals surface area contributed by atoms with Crippen molar-refractivity contribution in [2.75, 3.05) is 42.7 Å². The third-order valence-electron chi connectivity index (χ3n) is 16.9. The number of rotatable bonds is 6. The van der Waals surface area contributed by atoms with Crippen molar-refractivity contribution >= 4 is 0 Å². The first-order valence-electron chi connectivity index (χ1n) is 26.8. The molecule has 0 aromatic heterocycles. The molecule has 0 heterocycles. The second-order valence-corrected chi connectivity index (χ2v) is 20.6. The Hall–Kier alpha value is -9.00. The summed E-state index contributed by atoms with van der Waals surface area (Å²) in [5.41, 5.74) is 20.7. The highest BCUT2D eigenvalue weighted by Gasteiger charge is 2.35. The molecule has 0 amide bonds. The Labute approximate surface area is 457 Å². The zero-order valence-electron chi connectivity index (χ0n) is 44.7. The van der Waals surface area contributed by atoms with Crippen LogP contribution in [-0.4, -0.2) is 42.7 Å². The lowest BCUT2D eigenvalue weighted by Crippen LogP contribution is -2.15. The summed E-state index contributed by atoms with van der Waals surface area (Å²) in [6.07, 6.45) is 14.0. The van der Waals surface area contributed by atoms with E-state index >= 15 is 0 Å². The first kappa shape index (κ1) is 48.6. The SMILES string of the molecule is COc1ccc(OC)c2c1[C@@H]1C=C[C@H]2c2ccc(cc2)-c2ccc(cc2)[C@H]2C=C[C@@H](c3ccc(cc3)-c3ccc(cc3)[C@H]3C=C[C@@H](c4ccc(cc4)-c4ccc1cc4)c1c(OC)ccc(OC)c13)c1c(OC)ccc(OC)c12. The molecule has 6 heteroatoms. The third-order valence-corrected chi connectivity index (χ3v) is 16.9. The molecule has 0 unspecified atom stereocenters. The van der Waals surface area contributed by atoms with Gasteiger partial charge < -0.3 is 28.4 Å². The summed E-state index contributed by atoms with van der Waals surface area (Å²) >= 11 is 0. The molecule has 78 heavy (non-hydrogen) atoms. The fourth-order valence-electron chi connectivity index (χ4n) is 13.0. The fourth-order valence-corrected chi connectivity index (χ4v) is 13.0. The van der Waals surface area contributed by atoms with E-state index in [1.807, 2.05) is 36.4 Å². The van der Waals surface area contributed by atoms with E-state index in [2.05, 4.69) is 182 Å². The van der Waals surface area contributed by atoms with Crippen LogP contribution in [0.25, 0.3) is 33.4 Å². The predicted octanol–water partition coefficient (Wildman–Crippen LogP) is 16.6. The summed E-state index contributed by atoms with van der Waals surface area (Å²) in [6.45, 7) is 0. The first-order valence-corrected chi connectivity index (χ1v) is 26.8. The van der Waals surface area contributed by atoms with E-state index in [4.69, 9.17) is 28.4 Å². The highest BCUT2D eigenvalue weighted by molar-refractivity contribution is 5.72. The smallest absolute Gasteiger partial charge is 0.123 e. The van der Waals surface area contributed by atoms with Gasteiger partial charge in [0.1, 0.15) is 34.5 Å². The molecule has 22 aliphatic carbocycles. The molecule has 22 aliphatic rings. The van der Waals surface area contributed by atoms with Crippen molar-refractivity contribution in [3.8, 4) is 67.9 Å². The van der Waals surface area contributed by atoms with Crippen LogP contribution in [0.2, 0.25) is 0 Å². The molecule has 31 rings (SSSR count). The minimum absolute atomic E-state index is 0.0430. The molecule has 18 bridgehead atoms. The molecule has 0 spiro atoms. The van der Waals surface area contributed by atoms with Crippen LogP contribution in [-0.2, 0) is 0 Å². The van der Waals surface area contributed by atoms with Gasteiger partial charge in [0.05, 0.1) is 42.7 Å². The van der Waals surface area contributed by atoms with Gasteiger partial charge in [0.25, 0.3) is 0 Å². The van der Waals surface area contributed by atoms with E-state index in [1.165, 1.54) is 33.4 Å². The van der Waals surface area contributed by atoms with Gasteiger partial charge in [-0.1, -0.05) is 182 Å². The van der Waals surface area contributed by atoms with Crippen molar-refractivity contribution < 1.29 is 28.4 Å². The van der Waals surface area contributed by atoms with Crippen LogP contribution in [0, 0.1) is 0 Å². The zero-order valence-corrected chi connectivity index (χ0v) is 44.7. The number of ether oxygens (including phenoxy) is 6. The summed E-state index contributed by atoms with van der Waals surface area (Å²) in [4.78, 5) is 0. The van der Waals surface area contributed by atoms with E-state index < -0.39 is 0 Å². The largest absolute Gasteiger partial charge is 0.496 e.